The first kappa shape index (κ1) is 8.80. The van der Waals surface area contributed by atoms with Crippen molar-refractivity contribution in [3.63, 3.8) is 0 Å². The number of aromatic amines is 1. The molecule has 1 aromatic rings. The van der Waals surface area contributed by atoms with E-state index in [-0.39, 0.29) is 12.5 Å². The lowest BCUT2D eigenvalue weighted by Crippen LogP contribution is -2.25. The number of carbonyl (C=O) groups is 1. The fraction of sp³-hybridized carbons (Fsp3) is 0.375. The van der Waals surface area contributed by atoms with Crippen LogP contribution in [0.15, 0.2) is 18.5 Å². The molecule has 4 N–H and O–H groups in total. The lowest BCUT2D eigenvalue weighted by Gasteiger charge is -2.05. The van der Waals surface area contributed by atoms with E-state index in [1.54, 1.807) is 6.20 Å². The number of carboxylic acid groups (broad SMARTS) is 1. The molecule has 0 radical (unpaired) electrons. The highest BCUT2D eigenvalue weighted by Crippen LogP contribution is 2.02. The van der Waals surface area contributed by atoms with Gasteiger partial charge in [0, 0.05) is 18.4 Å². The molecule has 0 fully saturated rings. The lowest BCUT2D eigenvalue weighted by molar-refractivity contribution is -0.137. The molecule has 1 heterocycles. The normalized spacial score (nSPS) is 12.8. The predicted octanol–water partition coefficient (Wildman–Crippen LogP) is 0.359. The summed E-state index contributed by atoms with van der Waals surface area (Å²) in [6.45, 7) is 0. The Kier molecular flexibility index (Phi) is 2.88. The molecule has 1 atom stereocenters. The summed E-state index contributed by atoms with van der Waals surface area (Å²) < 4.78 is 0. The molecule has 0 aliphatic carbocycles. The Morgan fingerprint density at radius 3 is 3.00 bits per heavy atom. The zero-order valence-corrected chi connectivity index (χ0v) is 6.66. The fourth-order valence-corrected chi connectivity index (χ4v) is 1.08. The van der Waals surface area contributed by atoms with Gasteiger partial charge in [-0.25, -0.2) is 0 Å². The van der Waals surface area contributed by atoms with Gasteiger partial charge in [0.2, 0.25) is 0 Å². The first-order valence-corrected chi connectivity index (χ1v) is 3.77. The molecule has 12 heavy (non-hydrogen) atoms. The van der Waals surface area contributed by atoms with Crippen LogP contribution in [-0.4, -0.2) is 22.1 Å². The summed E-state index contributed by atoms with van der Waals surface area (Å²) in [6.07, 6.45) is 4.24. The fourth-order valence-electron chi connectivity index (χ4n) is 1.08. The number of rotatable bonds is 4. The average Bonchev–Trinajstić information content (AvgIpc) is 2.37. The van der Waals surface area contributed by atoms with E-state index in [2.05, 4.69) is 4.98 Å². The molecule has 1 aromatic heterocycles. The average molecular weight is 168 g/mol. The molecule has 0 spiro atoms. The van der Waals surface area contributed by atoms with Gasteiger partial charge in [0.15, 0.2) is 0 Å². The van der Waals surface area contributed by atoms with Gasteiger partial charge >= 0.3 is 5.97 Å². The topological polar surface area (TPSA) is 79.1 Å². The maximum atomic E-state index is 10.3. The number of hydrogen-bond acceptors (Lipinski definition) is 2. The molecule has 0 saturated carbocycles. The highest BCUT2D eigenvalue weighted by atomic mass is 16.4. The van der Waals surface area contributed by atoms with Crippen LogP contribution in [0.1, 0.15) is 12.0 Å². The van der Waals surface area contributed by atoms with Crippen molar-refractivity contribution in [3.8, 4) is 0 Å². The van der Waals surface area contributed by atoms with E-state index in [0.717, 1.165) is 5.56 Å². The van der Waals surface area contributed by atoms with E-state index in [1.165, 1.54) is 0 Å². The first-order valence-electron chi connectivity index (χ1n) is 3.77. The smallest absolute Gasteiger partial charge is 0.304 e. The summed E-state index contributed by atoms with van der Waals surface area (Å²) in [7, 11) is 0. The first-order chi connectivity index (χ1) is 5.68. The molecular formula is C8H12N2O2. The lowest BCUT2D eigenvalue weighted by atomic mass is 10.1. The van der Waals surface area contributed by atoms with Crippen LogP contribution in [0.2, 0.25) is 0 Å². The molecule has 0 aliphatic rings. The van der Waals surface area contributed by atoms with Crippen LogP contribution in [-0.2, 0) is 11.2 Å². The monoisotopic (exact) mass is 168 g/mol. The second-order valence-corrected chi connectivity index (χ2v) is 2.78. The van der Waals surface area contributed by atoms with Crippen molar-refractivity contribution in [2.24, 2.45) is 5.73 Å². The van der Waals surface area contributed by atoms with Gasteiger partial charge in [-0.1, -0.05) is 0 Å². The molecule has 4 nitrogen and oxygen atoms in total. The van der Waals surface area contributed by atoms with E-state index in [9.17, 15) is 4.79 Å². The Bertz CT molecular complexity index is 244. The third-order valence-electron chi connectivity index (χ3n) is 1.60. The molecule has 0 amide bonds. The standard InChI is InChI=1S/C8H12N2O2/c9-7(4-8(11)12)3-6-1-2-10-5-6/h1-2,5,7,10H,3-4,9H2,(H,11,12). The summed E-state index contributed by atoms with van der Waals surface area (Å²) in [5.74, 6) is -0.849. The van der Waals surface area contributed by atoms with Crippen LogP contribution in [0.5, 0.6) is 0 Å². The molecule has 66 valence electrons. The van der Waals surface area contributed by atoms with E-state index < -0.39 is 5.97 Å². The minimum absolute atomic E-state index is 0.0190. The minimum Gasteiger partial charge on any atom is -0.481 e. The zero-order valence-electron chi connectivity index (χ0n) is 6.66. The van der Waals surface area contributed by atoms with Gasteiger partial charge in [-0.05, 0) is 18.1 Å². The van der Waals surface area contributed by atoms with Crippen LogP contribution >= 0.6 is 0 Å². The Labute approximate surface area is 70.4 Å². The molecule has 4 heteroatoms. The second-order valence-electron chi connectivity index (χ2n) is 2.78. The van der Waals surface area contributed by atoms with Crippen molar-refractivity contribution in [1.82, 2.24) is 4.98 Å². The van der Waals surface area contributed by atoms with Crippen LogP contribution < -0.4 is 5.73 Å². The number of nitrogens with one attached hydrogen (secondary N) is 1. The summed E-state index contributed by atoms with van der Waals surface area (Å²) in [4.78, 5) is 13.1. The number of carboxylic acids is 1. The van der Waals surface area contributed by atoms with Crippen molar-refractivity contribution in [3.05, 3.63) is 24.0 Å². The summed E-state index contributed by atoms with van der Waals surface area (Å²) in [6, 6.07) is 1.60. The molecular weight excluding hydrogens is 156 g/mol. The summed E-state index contributed by atoms with van der Waals surface area (Å²) in [5, 5.41) is 8.42. The van der Waals surface area contributed by atoms with E-state index >= 15 is 0 Å². The van der Waals surface area contributed by atoms with Crippen LogP contribution in [0.25, 0.3) is 0 Å². The highest BCUT2D eigenvalue weighted by Gasteiger charge is 2.08. The Morgan fingerprint density at radius 1 is 1.75 bits per heavy atom. The molecule has 0 aliphatic heterocycles. The van der Waals surface area contributed by atoms with Gasteiger partial charge in [0.05, 0.1) is 6.42 Å². The van der Waals surface area contributed by atoms with Gasteiger partial charge in [-0.2, -0.15) is 0 Å². The predicted molar refractivity (Wildman–Crippen MR) is 44.7 cm³/mol. The zero-order chi connectivity index (χ0) is 8.97. The van der Waals surface area contributed by atoms with Gasteiger partial charge < -0.3 is 15.8 Å². The maximum Gasteiger partial charge on any atom is 0.304 e. The van der Waals surface area contributed by atoms with Crippen molar-refractivity contribution >= 4 is 5.97 Å². The number of hydrogen-bond donors (Lipinski definition) is 3. The molecule has 1 unspecified atom stereocenters. The van der Waals surface area contributed by atoms with Crippen LogP contribution in [0, 0.1) is 0 Å². The number of aromatic nitrogens is 1. The van der Waals surface area contributed by atoms with Crippen molar-refractivity contribution < 1.29 is 9.90 Å². The SMILES string of the molecule is NC(CC(=O)O)Cc1cc[nH]c1. The summed E-state index contributed by atoms with van der Waals surface area (Å²) >= 11 is 0. The molecule has 0 saturated heterocycles. The van der Waals surface area contributed by atoms with Crippen molar-refractivity contribution in [2.75, 3.05) is 0 Å². The van der Waals surface area contributed by atoms with Gasteiger partial charge in [-0.15, -0.1) is 0 Å². The minimum atomic E-state index is -0.849. The van der Waals surface area contributed by atoms with E-state index in [4.69, 9.17) is 10.8 Å². The number of H-pyrrole nitrogens is 1. The Morgan fingerprint density at radius 2 is 2.50 bits per heavy atom. The third-order valence-corrected chi connectivity index (χ3v) is 1.60. The quantitative estimate of drug-likeness (QED) is 0.607. The van der Waals surface area contributed by atoms with Gasteiger partial charge in [-0.3, -0.25) is 4.79 Å². The van der Waals surface area contributed by atoms with E-state index in [1.807, 2.05) is 12.3 Å². The number of nitrogens with two attached hydrogens (primary N) is 1. The maximum absolute atomic E-state index is 10.3. The molecule has 0 bridgehead atoms. The van der Waals surface area contributed by atoms with Crippen molar-refractivity contribution in [1.29, 1.82) is 0 Å². The summed E-state index contributed by atoms with van der Waals surface area (Å²) in [5.41, 5.74) is 6.62. The molecule has 0 aromatic carbocycles. The van der Waals surface area contributed by atoms with Crippen molar-refractivity contribution in [2.45, 2.75) is 18.9 Å². The van der Waals surface area contributed by atoms with Gasteiger partial charge in [0.1, 0.15) is 0 Å². The Hall–Kier alpha value is -1.29. The second kappa shape index (κ2) is 3.92. The highest BCUT2D eigenvalue weighted by molar-refractivity contribution is 5.67. The largest absolute Gasteiger partial charge is 0.481 e. The molecule has 1 rings (SSSR count). The number of aliphatic carboxylic acids is 1. The van der Waals surface area contributed by atoms with Crippen LogP contribution in [0.4, 0.5) is 0 Å². The van der Waals surface area contributed by atoms with Crippen LogP contribution in [0.3, 0.4) is 0 Å². The van der Waals surface area contributed by atoms with Gasteiger partial charge in [0.25, 0.3) is 0 Å². The van der Waals surface area contributed by atoms with E-state index in [0.29, 0.717) is 6.42 Å². The third kappa shape index (κ3) is 2.75. The Balaban J connectivity index is 2.36.